The van der Waals surface area contributed by atoms with Crippen LogP contribution in [0.4, 0.5) is 0 Å². The fraction of sp³-hybridized carbons (Fsp3) is 0.875. The van der Waals surface area contributed by atoms with Gasteiger partial charge >= 0.3 is 0 Å². The topological polar surface area (TPSA) is 101 Å². The lowest BCUT2D eigenvalue weighted by Crippen LogP contribution is -2.46. The summed E-state index contributed by atoms with van der Waals surface area (Å²) in [5.74, 6) is -0.517. The first kappa shape index (κ1) is 12.3. The van der Waals surface area contributed by atoms with Gasteiger partial charge in [-0.05, 0) is 20.3 Å². The van der Waals surface area contributed by atoms with Gasteiger partial charge in [-0.2, -0.15) is 0 Å². The van der Waals surface area contributed by atoms with E-state index >= 15 is 0 Å². The number of hydrogen-bond acceptors (Lipinski definition) is 4. The lowest BCUT2D eigenvalue weighted by atomic mass is 10.1. The van der Waals surface area contributed by atoms with Crippen molar-refractivity contribution in [2.75, 3.05) is 6.54 Å². The highest BCUT2D eigenvalue weighted by molar-refractivity contribution is 5.79. The van der Waals surface area contributed by atoms with Crippen molar-refractivity contribution < 1.29 is 9.90 Å². The maximum Gasteiger partial charge on any atom is 0.235 e. The Morgan fingerprint density at radius 2 is 2.08 bits per heavy atom. The lowest BCUT2D eigenvalue weighted by Gasteiger charge is -2.17. The summed E-state index contributed by atoms with van der Waals surface area (Å²) in [6.45, 7) is 3.98. The molecule has 0 spiro atoms. The molecule has 5 nitrogen and oxygen atoms in total. The van der Waals surface area contributed by atoms with Crippen LogP contribution in [-0.2, 0) is 4.79 Å². The third-order valence-corrected chi connectivity index (χ3v) is 1.75. The number of carbonyl (C=O) groups is 1. The van der Waals surface area contributed by atoms with E-state index in [2.05, 4.69) is 5.32 Å². The number of hydrogen-bond donors (Lipinski definition) is 4. The molecule has 5 heteroatoms. The maximum absolute atomic E-state index is 10.5. The van der Waals surface area contributed by atoms with Crippen LogP contribution in [-0.4, -0.2) is 35.7 Å². The Balaban J connectivity index is 3.57. The molecule has 78 valence electrons. The second kappa shape index (κ2) is 5.90. The van der Waals surface area contributed by atoms with Gasteiger partial charge in [0.25, 0.3) is 0 Å². The molecule has 1 amide bonds. The molecule has 0 aliphatic rings. The molecule has 0 aromatic carbocycles. The van der Waals surface area contributed by atoms with Gasteiger partial charge in [0.15, 0.2) is 0 Å². The molecule has 0 aliphatic heterocycles. The number of nitrogens with two attached hydrogens (primary N) is 2. The summed E-state index contributed by atoms with van der Waals surface area (Å²) >= 11 is 0. The van der Waals surface area contributed by atoms with Crippen LogP contribution >= 0.6 is 0 Å². The molecule has 13 heavy (non-hydrogen) atoms. The summed E-state index contributed by atoms with van der Waals surface area (Å²) in [7, 11) is 0. The van der Waals surface area contributed by atoms with Crippen molar-refractivity contribution in [3.8, 4) is 0 Å². The fourth-order valence-electron chi connectivity index (χ4n) is 1.02. The fourth-order valence-corrected chi connectivity index (χ4v) is 1.02. The quantitative estimate of drug-likeness (QED) is 0.410. The minimum absolute atomic E-state index is 0.130. The van der Waals surface area contributed by atoms with E-state index in [9.17, 15) is 4.79 Å². The number of primary amides is 1. The summed E-state index contributed by atoms with van der Waals surface area (Å²) in [5.41, 5.74) is 10.4. The van der Waals surface area contributed by atoms with Crippen LogP contribution in [0, 0.1) is 0 Å². The van der Waals surface area contributed by atoms with Gasteiger partial charge in [0, 0.05) is 12.6 Å². The summed E-state index contributed by atoms with van der Waals surface area (Å²) in [6, 6.07) is -0.526. The van der Waals surface area contributed by atoms with Crippen LogP contribution in [0.1, 0.15) is 20.3 Å². The van der Waals surface area contributed by atoms with Gasteiger partial charge in [-0.25, -0.2) is 0 Å². The van der Waals surface area contributed by atoms with Crippen LogP contribution in [0.25, 0.3) is 0 Å². The molecule has 6 N–H and O–H groups in total. The highest BCUT2D eigenvalue weighted by Gasteiger charge is 2.11. The first-order valence-corrected chi connectivity index (χ1v) is 4.39. The van der Waals surface area contributed by atoms with Crippen molar-refractivity contribution in [3.63, 3.8) is 0 Å². The number of amides is 1. The molecule has 0 fully saturated rings. The van der Waals surface area contributed by atoms with Crippen LogP contribution in [0.2, 0.25) is 0 Å². The zero-order chi connectivity index (χ0) is 10.4. The summed E-state index contributed by atoms with van der Waals surface area (Å²) in [5, 5.41) is 12.0. The van der Waals surface area contributed by atoms with E-state index in [-0.39, 0.29) is 12.1 Å². The first-order valence-electron chi connectivity index (χ1n) is 4.39. The Bertz CT molecular complexity index is 161. The Morgan fingerprint density at radius 3 is 2.46 bits per heavy atom. The first-order chi connectivity index (χ1) is 5.93. The molecule has 0 aliphatic carbocycles. The highest BCUT2D eigenvalue weighted by Crippen LogP contribution is 1.95. The van der Waals surface area contributed by atoms with Gasteiger partial charge < -0.3 is 21.9 Å². The number of aliphatic hydroxyl groups excluding tert-OH is 1. The molecule has 0 aromatic rings. The number of carbonyl (C=O) groups excluding carboxylic acids is 1. The Hall–Kier alpha value is -0.650. The highest BCUT2D eigenvalue weighted by atomic mass is 16.3. The molecule has 0 saturated heterocycles. The van der Waals surface area contributed by atoms with Crippen LogP contribution < -0.4 is 16.8 Å². The monoisotopic (exact) mass is 189 g/mol. The average Bonchev–Trinajstić information content (AvgIpc) is 1.98. The zero-order valence-corrected chi connectivity index (χ0v) is 8.16. The van der Waals surface area contributed by atoms with Crippen LogP contribution in [0.3, 0.4) is 0 Å². The second-order valence-electron chi connectivity index (χ2n) is 3.40. The minimum Gasteiger partial charge on any atom is -0.393 e. The third-order valence-electron chi connectivity index (χ3n) is 1.75. The molecule has 0 bridgehead atoms. The molecule has 0 saturated carbocycles. The second-order valence-corrected chi connectivity index (χ2v) is 3.40. The van der Waals surface area contributed by atoms with E-state index < -0.39 is 11.9 Å². The van der Waals surface area contributed by atoms with Crippen LogP contribution in [0.5, 0.6) is 0 Å². The van der Waals surface area contributed by atoms with E-state index in [4.69, 9.17) is 16.6 Å². The van der Waals surface area contributed by atoms with Crippen molar-refractivity contribution in [1.82, 2.24) is 5.32 Å². The Kier molecular flexibility index (Phi) is 5.61. The summed E-state index contributed by atoms with van der Waals surface area (Å²) in [6.07, 6.45) is 0.276. The van der Waals surface area contributed by atoms with Gasteiger partial charge in [0.2, 0.25) is 5.91 Å². The molecular formula is C8H19N3O2. The SMILES string of the molecule is CC(O)CC(C)NCC(N)C(N)=O. The average molecular weight is 189 g/mol. The van der Waals surface area contributed by atoms with E-state index in [0.29, 0.717) is 13.0 Å². The number of rotatable bonds is 6. The molecular weight excluding hydrogens is 170 g/mol. The van der Waals surface area contributed by atoms with E-state index in [1.807, 2.05) is 6.92 Å². The van der Waals surface area contributed by atoms with E-state index in [0.717, 1.165) is 0 Å². The molecule has 0 rings (SSSR count). The van der Waals surface area contributed by atoms with Crippen molar-refractivity contribution in [3.05, 3.63) is 0 Å². The van der Waals surface area contributed by atoms with Gasteiger partial charge in [-0.15, -0.1) is 0 Å². The lowest BCUT2D eigenvalue weighted by molar-refractivity contribution is -0.119. The predicted molar refractivity (Wildman–Crippen MR) is 50.9 cm³/mol. The normalized spacial score (nSPS) is 17.8. The van der Waals surface area contributed by atoms with E-state index in [1.165, 1.54) is 0 Å². The molecule has 0 radical (unpaired) electrons. The molecule has 0 heterocycles. The summed E-state index contributed by atoms with van der Waals surface area (Å²) < 4.78 is 0. The Labute approximate surface area is 78.5 Å². The minimum atomic E-state index is -0.656. The molecule has 3 unspecified atom stereocenters. The number of nitrogens with one attached hydrogen (secondary N) is 1. The summed E-state index contributed by atoms with van der Waals surface area (Å²) in [4.78, 5) is 10.5. The largest absolute Gasteiger partial charge is 0.393 e. The smallest absolute Gasteiger partial charge is 0.235 e. The maximum atomic E-state index is 10.5. The third kappa shape index (κ3) is 6.51. The molecule has 0 aromatic heterocycles. The predicted octanol–water partition coefficient (Wildman–Crippen LogP) is -1.45. The van der Waals surface area contributed by atoms with Crippen molar-refractivity contribution in [1.29, 1.82) is 0 Å². The van der Waals surface area contributed by atoms with Gasteiger partial charge in [-0.3, -0.25) is 4.79 Å². The van der Waals surface area contributed by atoms with Gasteiger partial charge in [-0.1, -0.05) is 0 Å². The van der Waals surface area contributed by atoms with E-state index in [1.54, 1.807) is 6.92 Å². The van der Waals surface area contributed by atoms with Crippen LogP contribution in [0.15, 0.2) is 0 Å². The number of aliphatic hydroxyl groups is 1. The van der Waals surface area contributed by atoms with Crippen molar-refractivity contribution in [2.24, 2.45) is 11.5 Å². The standard InChI is InChI=1S/C8H19N3O2/c1-5(3-6(2)12)11-4-7(9)8(10)13/h5-7,11-12H,3-4,9H2,1-2H3,(H2,10,13). The van der Waals surface area contributed by atoms with Gasteiger partial charge in [0.1, 0.15) is 0 Å². The van der Waals surface area contributed by atoms with Crippen molar-refractivity contribution in [2.45, 2.75) is 38.5 Å². The van der Waals surface area contributed by atoms with Crippen molar-refractivity contribution >= 4 is 5.91 Å². The zero-order valence-electron chi connectivity index (χ0n) is 8.16. The van der Waals surface area contributed by atoms with Gasteiger partial charge in [0.05, 0.1) is 12.1 Å². The molecule has 3 atom stereocenters. The Morgan fingerprint density at radius 1 is 1.54 bits per heavy atom.